The van der Waals surface area contributed by atoms with E-state index in [4.69, 9.17) is 23.1 Å². The Morgan fingerprint density at radius 2 is 2.11 bits per heavy atom. The Kier molecular flexibility index (Phi) is 5.79. The SMILES string of the molecule is CC(CCCN)C(=O)Nc1ccc(C(N)=O)c(Cl)c1. The van der Waals surface area contributed by atoms with Gasteiger partial charge in [-0.25, -0.2) is 0 Å². The smallest absolute Gasteiger partial charge is 0.250 e. The molecule has 5 nitrogen and oxygen atoms in total. The molecule has 0 fully saturated rings. The summed E-state index contributed by atoms with van der Waals surface area (Å²) in [5.74, 6) is -0.825. The summed E-state index contributed by atoms with van der Waals surface area (Å²) in [6, 6.07) is 4.60. The van der Waals surface area contributed by atoms with Gasteiger partial charge in [0.2, 0.25) is 11.8 Å². The second-order valence-corrected chi connectivity index (χ2v) is 4.79. The van der Waals surface area contributed by atoms with Gasteiger partial charge in [0, 0.05) is 11.6 Å². The number of nitrogens with two attached hydrogens (primary N) is 2. The Balaban J connectivity index is 2.70. The number of rotatable bonds is 6. The van der Waals surface area contributed by atoms with Crippen LogP contribution in [0.1, 0.15) is 30.1 Å². The summed E-state index contributed by atoms with van der Waals surface area (Å²) in [4.78, 5) is 22.9. The van der Waals surface area contributed by atoms with Crippen LogP contribution in [-0.4, -0.2) is 18.4 Å². The average Bonchev–Trinajstić information content (AvgIpc) is 2.35. The van der Waals surface area contributed by atoms with Crippen LogP contribution in [0.2, 0.25) is 5.02 Å². The Labute approximate surface area is 117 Å². The second kappa shape index (κ2) is 7.11. The number of halogens is 1. The van der Waals surface area contributed by atoms with Gasteiger partial charge >= 0.3 is 0 Å². The molecule has 0 aliphatic rings. The Morgan fingerprint density at radius 3 is 2.63 bits per heavy atom. The molecule has 0 radical (unpaired) electrons. The maximum absolute atomic E-state index is 11.9. The number of anilines is 1. The van der Waals surface area contributed by atoms with Crippen molar-refractivity contribution in [1.82, 2.24) is 0 Å². The largest absolute Gasteiger partial charge is 0.366 e. The average molecular weight is 284 g/mol. The fourth-order valence-electron chi connectivity index (χ4n) is 1.61. The molecule has 1 aromatic carbocycles. The minimum Gasteiger partial charge on any atom is -0.366 e. The highest BCUT2D eigenvalue weighted by Crippen LogP contribution is 2.21. The molecule has 1 aromatic rings. The van der Waals surface area contributed by atoms with Crippen LogP contribution in [-0.2, 0) is 4.79 Å². The molecule has 104 valence electrons. The summed E-state index contributed by atoms with van der Waals surface area (Å²) < 4.78 is 0. The molecule has 5 N–H and O–H groups in total. The normalized spacial score (nSPS) is 11.9. The Morgan fingerprint density at radius 1 is 1.42 bits per heavy atom. The quantitative estimate of drug-likeness (QED) is 0.742. The number of carbonyl (C=O) groups excluding carboxylic acids is 2. The van der Waals surface area contributed by atoms with Gasteiger partial charge in [0.25, 0.3) is 0 Å². The van der Waals surface area contributed by atoms with Crippen molar-refractivity contribution in [3.63, 3.8) is 0 Å². The number of hydrogen-bond donors (Lipinski definition) is 3. The van der Waals surface area contributed by atoms with Crippen LogP contribution in [0.15, 0.2) is 18.2 Å². The van der Waals surface area contributed by atoms with Crippen molar-refractivity contribution in [2.75, 3.05) is 11.9 Å². The van der Waals surface area contributed by atoms with Crippen molar-refractivity contribution in [2.45, 2.75) is 19.8 Å². The highest BCUT2D eigenvalue weighted by atomic mass is 35.5. The molecule has 0 heterocycles. The molecule has 0 aliphatic carbocycles. The predicted molar refractivity (Wildman–Crippen MR) is 76.1 cm³/mol. The molecule has 0 aliphatic heterocycles. The monoisotopic (exact) mass is 283 g/mol. The van der Waals surface area contributed by atoms with Crippen LogP contribution in [0.5, 0.6) is 0 Å². The van der Waals surface area contributed by atoms with E-state index >= 15 is 0 Å². The molecule has 0 bridgehead atoms. The molecule has 0 spiro atoms. The first-order chi connectivity index (χ1) is 8.95. The van der Waals surface area contributed by atoms with Gasteiger partial charge < -0.3 is 16.8 Å². The summed E-state index contributed by atoms with van der Waals surface area (Å²) in [5, 5.41) is 2.96. The van der Waals surface area contributed by atoms with Crippen molar-refractivity contribution in [2.24, 2.45) is 17.4 Å². The molecule has 0 saturated carbocycles. The van der Waals surface area contributed by atoms with Crippen LogP contribution in [0.3, 0.4) is 0 Å². The van der Waals surface area contributed by atoms with Crippen LogP contribution in [0.25, 0.3) is 0 Å². The van der Waals surface area contributed by atoms with Gasteiger partial charge in [-0.05, 0) is 37.6 Å². The molecular formula is C13H18ClN3O2. The van der Waals surface area contributed by atoms with Crippen LogP contribution in [0.4, 0.5) is 5.69 Å². The van der Waals surface area contributed by atoms with E-state index in [0.29, 0.717) is 12.2 Å². The van der Waals surface area contributed by atoms with Gasteiger partial charge in [0.1, 0.15) is 0 Å². The maximum atomic E-state index is 11.9. The van der Waals surface area contributed by atoms with Gasteiger partial charge in [0.05, 0.1) is 10.6 Å². The second-order valence-electron chi connectivity index (χ2n) is 4.38. The summed E-state index contributed by atoms with van der Waals surface area (Å²) in [5.41, 5.74) is 11.3. The topological polar surface area (TPSA) is 98.2 Å². The highest BCUT2D eigenvalue weighted by Gasteiger charge is 2.13. The van der Waals surface area contributed by atoms with Gasteiger partial charge in [0.15, 0.2) is 0 Å². The molecule has 19 heavy (non-hydrogen) atoms. The molecule has 6 heteroatoms. The van der Waals surface area contributed by atoms with Gasteiger partial charge in [-0.2, -0.15) is 0 Å². The van der Waals surface area contributed by atoms with Crippen LogP contribution >= 0.6 is 11.6 Å². The molecule has 0 aromatic heterocycles. The molecule has 1 unspecified atom stereocenters. The van der Waals surface area contributed by atoms with Crippen molar-refractivity contribution >= 4 is 29.1 Å². The lowest BCUT2D eigenvalue weighted by atomic mass is 10.0. The van der Waals surface area contributed by atoms with Crippen LogP contribution in [0, 0.1) is 5.92 Å². The van der Waals surface area contributed by atoms with Crippen molar-refractivity contribution in [3.05, 3.63) is 28.8 Å². The zero-order valence-electron chi connectivity index (χ0n) is 10.8. The summed E-state index contributed by atoms with van der Waals surface area (Å²) in [6.07, 6.45) is 1.53. The molecular weight excluding hydrogens is 266 g/mol. The minimum absolute atomic E-state index is 0.101. The lowest BCUT2D eigenvalue weighted by Crippen LogP contribution is -2.21. The molecule has 0 saturated heterocycles. The number of nitrogens with one attached hydrogen (secondary N) is 1. The maximum Gasteiger partial charge on any atom is 0.250 e. The number of carbonyl (C=O) groups is 2. The lowest BCUT2D eigenvalue weighted by Gasteiger charge is -2.12. The zero-order valence-corrected chi connectivity index (χ0v) is 11.5. The first-order valence-corrected chi connectivity index (χ1v) is 6.43. The predicted octanol–water partition coefficient (Wildman–Crippen LogP) is 1.75. The number of benzene rings is 1. The van der Waals surface area contributed by atoms with Crippen LogP contribution < -0.4 is 16.8 Å². The Hall–Kier alpha value is -1.59. The third-order valence-corrected chi connectivity index (χ3v) is 3.10. The number of amides is 2. The molecule has 1 rings (SSSR count). The zero-order chi connectivity index (χ0) is 14.4. The molecule has 1 atom stereocenters. The van der Waals surface area contributed by atoms with Crippen molar-refractivity contribution in [3.8, 4) is 0 Å². The van der Waals surface area contributed by atoms with E-state index < -0.39 is 5.91 Å². The third kappa shape index (κ3) is 4.54. The fraction of sp³-hybridized carbons (Fsp3) is 0.385. The molecule has 2 amide bonds. The number of primary amides is 1. The van der Waals surface area contributed by atoms with Crippen molar-refractivity contribution < 1.29 is 9.59 Å². The van der Waals surface area contributed by atoms with E-state index in [1.807, 2.05) is 6.92 Å². The fourth-order valence-corrected chi connectivity index (χ4v) is 1.89. The lowest BCUT2D eigenvalue weighted by molar-refractivity contribution is -0.119. The van der Waals surface area contributed by atoms with E-state index in [0.717, 1.165) is 12.8 Å². The van der Waals surface area contributed by atoms with E-state index in [1.54, 1.807) is 6.07 Å². The Bertz CT molecular complexity index is 477. The van der Waals surface area contributed by atoms with E-state index in [2.05, 4.69) is 5.32 Å². The number of hydrogen-bond acceptors (Lipinski definition) is 3. The highest BCUT2D eigenvalue weighted by molar-refractivity contribution is 6.34. The van der Waals surface area contributed by atoms with E-state index in [9.17, 15) is 9.59 Å². The van der Waals surface area contributed by atoms with E-state index in [1.165, 1.54) is 12.1 Å². The third-order valence-electron chi connectivity index (χ3n) is 2.79. The summed E-state index contributed by atoms with van der Waals surface area (Å²) in [6.45, 7) is 2.40. The van der Waals surface area contributed by atoms with E-state index in [-0.39, 0.29) is 22.4 Å². The van der Waals surface area contributed by atoms with Gasteiger partial charge in [-0.3, -0.25) is 9.59 Å². The first kappa shape index (κ1) is 15.5. The first-order valence-electron chi connectivity index (χ1n) is 6.06. The summed E-state index contributed by atoms with van der Waals surface area (Å²) >= 11 is 5.90. The van der Waals surface area contributed by atoms with Gasteiger partial charge in [-0.1, -0.05) is 18.5 Å². The van der Waals surface area contributed by atoms with Gasteiger partial charge in [-0.15, -0.1) is 0 Å². The van der Waals surface area contributed by atoms with Crippen molar-refractivity contribution in [1.29, 1.82) is 0 Å². The standard InChI is InChI=1S/C13H18ClN3O2/c1-8(3-2-6-15)13(19)17-9-4-5-10(12(16)18)11(14)7-9/h4-5,7-8H,2-3,6,15H2,1H3,(H2,16,18)(H,17,19). The summed E-state index contributed by atoms with van der Waals surface area (Å²) in [7, 11) is 0. The minimum atomic E-state index is -0.598.